The molecule has 0 spiro atoms. The Hall–Kier alpha value is -2.81. The fraction of sp³-hybridized carbons (Fsp3) is 0.292. The van der Waals surface area contributed by atoms with E-state index in [-0.39, 0.29) is 11.8 Å². The van der Waals surface area contributed by atoms with Crippen molar-refractivity contribution in [2.75, 3.05) is 0 Å². The summed E-state index contributed by atoms with van der Waals surface area (Å²) in [5, 5.41) is 3.11. The average molecular weight is 359 g/mol. The van der Waals surface area contributed by atoms with Gasteiger partial charge in [-0.05, 0) is 48.1 Å². The minimum Gasteiger partial charge on any atom is -0.467 e. The van der Waals surface area contributed by atoms with Gasteiger partial charge in [0, 0.05) is 5.92 Å². The van der Waals surface area contributed by atoms with E-state index >= 15 is 0 Å². The number of rotatable bonds is 4. The molecule has 1 aliphatic rings. The SMILES string of the molecule is C[C@@H]1C[C@](C)(C(=O)NCc2ccco2)[C@H](c2ccccc2)c2ccccc21. The van der Waals surface area contributed by atoms with Crippen LogP contribution in [0.3, 0.4) is 0 Å². The van der Waals surface area contributed by atoms with E-state index in [1.165, 1.54) is 16.7 Å². The summed E-state index contributed by atoms with van der Waals surface area (Å²) < 4.78 is 5.38. The van der Waals surface area contributed by atoms with Crippen molar-refractivity contribution >= 4 is 5.91 Å². The van der Waals surface area contributed by atoms with Crippen molar-refractivity contribution in [2.24, 2.45) is 5.41 Å². The quantitative estimate of drug-likeness (QED) is 0.692. The molecule has 0 saturated heterocycles. The van der Waals surface area contributed by atoms with Crippen LogP contribution in [0.5, 0.6) is 0 Å². The fourth-order valence-corrected chi connectivity index (χ4v) is 4.63. The van der Waals surface area contributed by atoms with Crippen LogP contribution in [-0.4, -0.2) is 5.91 Å². The first kappa shape index (κ1) is 17.6. The van der Waals surface area contributed by atoms with Gasteiger partial charge in [0.05, 0.1) is 18.2 Å². The van der Waals surface area contributed by atoms with E-state index < -0.39 is 5.41 Å². The number of carbonyl (C=O) groups is 1. The molecule has 3 atom stereocenters. The minimum absolute atomic E-state index is 0.0303. The van der Waals surface area contributed by atoms with Crippen LogP contribution in [0.1, 0.15) is 54.6 Å². The summed E-state index contributed by atoms with van der Waals surface area (Å²) in [4.78, 5) is 13.4. The second kappa shape index (κ2) is 7.07. The van der Waals surface area contributed by atoms with Crippen LogP contribution in [0, 0.1) is 5.41 Å². The van der Waals surface area contributed by atoms with Gasteiger partial charge < -0.3 is 9.73 Å². The summed E-state index contributed by atoms with van der Waals surface area (Å²) >= 11 is 0. The molecule has 0 radical (unpaired) electrons. The number of nitrogens with one attached hydrogen (secondary N) is 1. The maximum absolute atomic E-state index is 13.4. The molecule has 27 heavy (non-hydrogen) atoms. The van der Waals surface area contributed by atoms with Crippen LogP contribution in [0.2, 0.25) is 0 Å². The van der Waals surface area contributed by atoms with Crippen molar-refractivity contribution in [3.8, 4) is 0 Å². The molecule has 0 fully saturated rings. The van der Waals surface area contributed by atoms with Crippen LogP contribution in [-0.2, 0) is 11.3 Å². The second-order valence-corrected chi connectivity index (χ2v) is 7.76. The summed E-state index contributed by atoms with van der Waals surface area (Å²) in [5.74, 6) is 1.21. The van der Waals surface area contributed by atoms with E-state index in [1.54, 1.807) is 6.26 Å². The molecule has 0 aliphatic heterocycles. The molecule has 0 unspecified atom stereocenters. The lowest BCUT2D eigenvalue weighted by molar-refractivity contribution is -0.132. The molecular formula is C24H25NO2. The molecule has 3 heteroatoms. The van der Waals surface area contributed by atoms with E-state index in [0.717, 1.165) is 12.2 Å². The third-order valence-corrected chi connectivity index (χ3v) is 5.86. The number of hydrogen-bond acceptors (Lipinski definition) is 2. The van der Waals surface area contributed by atoms with Gasteiger partial charge in [0.1, 0.15) is 5.76 Å². The Morgan fingerprint density at radius 1 is 1.04 bits per heavy atom. The van der Waals surface area contributed by atoms with Gasteiger partial charge in [0.15, 0.2) is 0 Å². The first-order valence-corrected chi connectivity index (χ1v) is 9.54. The monoisotopic (exact) mass is 359 g/mol. The van der Waals surface area contributed by atoms with Crippen molar-refractivity contribution in [1.82, 2.24) is 5.32 Å². The van der Waals surface area contributed by atoms with Crippen LogP contribution in [0.15, 0.2) is 77.4 Å². The van der Waals surface area contributed by atoms with Gasteiger partial charge in [-0.3, -0.25) is 4.79 Å². The highest BCUT2D eigenvalue weighted by Crippen LogP contribution is 2.53. The molecule has 2 aromatic carbocycles. The molecule has 4 rings (SSSR count). The highest BCUT2D eigenvalue weighted by atomic mass is 16.3. The van der Waals surface area contributed by atoms with Gasteiger partial charge in [-0.1, -0.05) is 61.5 Å². The number of benzene rings is 2. The van der Waals surface area contributed by atoms with Crippen molar-refractivity contribution in [1.29, 1.82) is 0 Å². The Labute approximate surface area is 160 Å². The van der Waals surface area contributed by atoms with E-state index in [2.05, 4.69) is 67.7 Å². The zero-order valence-corrected chi connectivity index (χ0v) is 15.8. The van der Waals surface area contributed by atoms with Gasteiger partial charge in [-0.15, -0.1) is 0 Å². The molecule has 0 bridgehead atoms. The highest BCUT2D eigenvalue weighted by molar-refractivity contribution is 5.85. The molecule has 1 N–H and O–H groups in total. The van der Waals surface area contributed by atoms with Crippen molar-refractivity contribution < 1.29 is 9.21 Å². The van der Waals surface area contributed by atoms with Gasteiger partial charge >= 0.3 is 0 Å². The number of hydrogen-bond donors (Lipinski definition) is 1. The molecule has 1 amide bonds. The lowest BCUT2D eigenvalue weighted by Crippen LogP contribution is -2.46. The largest absolute Gasteiger partial charge is 0.467 e. The molecule has 3 nitrogen and oxygen atoms in total. The van der Waals surface area contributed by atoms with E-state index in [4.69, 9.17) is 4.42 Å². The standard InChI is InChI=1S/C24H25NO2/c1-17-15-24(2,23(26)25-16-19-11-8-14-27-19)22(18-9-4-3-5-10-18)21-13-7-6-12-20(17)21/h3-14,17,22H,15-16H2,1-2H3,(H,25,26)/t17-,22-,24+/m1/s1. The highest BCUT2D eigenvalue weighted by Gasteiger charge is 2.47. The molecule has 1 heterocycles. The summed E-state index contributed by atoms with van der Waals surface area (Å²) in [6, 6.07) is 22.7. The zero-order valence-electron chi connectivity index (χ0n) is 15.8. The predicted octanol–water partition coefficient (Wildman–Crippen LogP) is 5.24. The summed E-state index contributed by atoms with van der Waals surface area (Å²) in [6.45, 7) is 4.74. The average Bonchev–Trinajstić information content (AvgIpc) is 3.20. The van der Waals surface area contributed by atoms with Gasteiger partial charge in [0.25, 0.3) is 0 Å². The first-order chi connectivity index (χ1) is 13.1. The van der Waals surface area contributed by atoms with Crippen molar-refractivity contribution in [3.63, 3.8) is 0 Å². The molecular weight excluding hydrogens is 334 g/mol. The maximum atomic E-state index is 13.4. The Kier molecular flexibility index (Phi) is 4.61. The molecule has 0 saturated carbocycles. The number of furan rings is 1. The normalized spacial score (nSPS) is 24.2. The lowest BCUT2D eigenvalue weighted by Gasteiger charge is -2.44. The smallest absolute Gasteiger partial charge is 0.227 e. The molecule has 138 valence electrons. The lowest BCUT2D eigenvalue weighted by atomic mass is 9.59. The molecule has 1 aliphatic carbocycles. The summed E-state index contributed by atoms with van der Waals surface area (Å²) in [5.41, 5.74) is 3.27. The topological polar surface area (TPSA) is 42.2 Å². The van der Waals surface area contributed by atoms with Gasteiger partial charge in [0.2, 0.25) is 5.91 Å². The van der Waals surface area contributed by atoms with Crippen LogP contribution in [0.25, 0.3) is 0 Å². The van der Waals surface area contributed by atoms with Gasteiger partial charge in [-0.2, -0.15) is 0 Å². The van der Waals surface area contributed by atoms with Gasteiger partial charge in [-0.25, -0.2) is 0 Å². The second-order valence-electron chi connectivity index (χ2n) is 7.76. The third kappa shape index (κ3) is 3.18. The van der Waals surface area contributed by atoms with Crippen molar-refractivity contribution in [2.45, 2.75) is 38.6 Å². The summed E-state index contributed by atoms with van der Waals surface area (Å²) in [6.07, 6.45) is 2.45. The number of fused-ring (bicyclic) bond motifs is 1. The van der Waals surface area contributed by atoms with Crippen molar-refractivity contribution in [3.05, 3.63) is 95.4 Å². The van der Waals surface area contributed by atoms with E-state index in [1.807, 2.05) is 18.2 Å². The van der Waals surface area contributed by atoms with E-state index in [9.17, 15) is 4.79 Å². The Bertz CT molecular complexity index is 917. The fourth-order valence-electron chi connectivity index (χ4n) is 4.63. The predicted molar refractivity (Wildman–Crippen MR) is 106 cm³/mol. The van der Waals surface area contributed by atoms with Crippen LogP contribution in [0.4, 0.5) is 0 Å². The zero-order chi connectivity index (χ0) is 18.9. The maximum Gasteiger partial charge on any atom is 0.227 e. The Balaban J connectivity index is 1.74. The number of amides is 1. The third-order valence-electron chi connectivity index (χ3n) is 5.86. The Morgan fingerprint density at radius 3 is 2.44 bits per heavy atom. The minimum atomic E-state index is -0.526. The first-order valence-electron chi connectivity index (χ1n) is 9.54. The Morgan fingerprint density at radius 2 is 1.74 bits per heavy atom. The molecule has 3 aromatic rings. The molecule has 1 aromatic heterocycles. The van der Waals surface area contributed by atoms with Crippen LogP contribution < -0.4 is 5.32 Å². The summed E-state index contributed by atoms with van der Waals surface area (Å²) in [7, 11) is 0. The number of carbonyl (C=O) groups excluding carboxylic acids is 1. The van der Waals surface area contributed by atoms with Crippen LogP contribution >= 0.6 is 0 Å². The van der Waals surface area contributed by atoms with E-state index in [0.29, 0.717) is 12.5 Å².